The van der Waals surface area contributed by atoms with Crippen molar-refractivity contribution in [2.75, 3.05) is 18.0 Å². The second-order valence-corrected chi connectivity index (χ2v) is 7.85. The zero-order valence-corrected chi connectivity index (χ0v) is 16.1. The smallest absolute Gasteiger partial charge is 0.135 e. The Morgan fingerprint density at radius 1 is 1.27 bits per heavy atom. The van der Waals surface area contributed by atoms with E-state index in [9.17, 15) is 0 Å². The van der Waals surface area contributed by atoms with Crippen LogP contribution in [-0.2, 0) is 6.54 Å². The summed E-state index contributed by atoms with van der Waals surface area (Å²) in [5.74, 6) is 3.06. The molecule has 1 fully saturated rings. The van der Waals surface area contributed by atoms with Gasteiger partial charge in [0.2, 0.25) is 0 Å². The van der Waals surface area contributed by atoms with Gasteiger partial charge in [-0.25, -0.2) is 19.9 Å². The summed E-state index contributed by atoms with van der Waals surface area (Å²) in [6, 6.07) is 0. The Morgan fingerprint density at radius 2 is 2.19 bits per heavy atom. The number of imidazole rings is 1. The fourth-order valence-corrected chi connectivity index (χ4v) is 4.24. The van der Waals surface area contributed by atoms with Gasteiger partial charge in [0, 0.05) is 48.5 Å². The molecule has 1 saturated heterocycles. The maximum atomic E-state index is 4.69. The third kappa shape index (κ3) is 3.49. The normalized spacial score (nSPS) is 17.8. The lowest BCUT2D eigenvalue weighted by Gasteiger charge is -2.34. The van der Waals surface area contributed by atoms with Crippen LogP contribution >= 0.6 is 11.3 Å². The molecule has 0 amide bonds. The van der Waals surface area contributed by atoms with Crippen molar-refractivity contribution in [1.29, 1.82) is 0 Å². The number of anilines is 1. The van der Waals surface area contributed by atoms with Crippen molar-refractivity contribution in [3.05, 3.63) is 52.9 Å². The Hall–Kier alpha value is -2.28. The molecule has 1 atom stereocenters. The van der Waals surface area contributed by atoms with Crippen LogP contribution in [0.25, 0.3) is 0 Å². The fraction of sp³-hybridized carbons (Fsp3) is 0.474. The number of piperidine rings is 1. The maximum absolute atomic E-state index is 4.69. The van der Waals surface area contributed by atoms with Gasteiger partial charge in [0.05, 0.1) is 17.7 Å². The molecule has 0 radical (unpaired) electrons. The number of hydrogen-bond donors (Lipinski definition) is 0. The molecule has 7 heteroatoms. The van der Waals surface area contributed by atoms with E-state index in [-0.39, 0.29) is 0 Å². The molecule has 0 saturated carbocycles. The van der Waals surface area contributed by atoms with Crippen molar-refractivity contribution >= 4 is 17.2 Å². The Bertz CT molecular complexity index is 841. The molecule has 136 valence electrons. The first-order valence-electron chi connectivity index (χ1n) is 9.15. The van der Waals surface area contributed by atoms with Gasteiger partial charge >= 0.3 is 0 Å². The van der Waals surface area contributed by atoms with Crippen molar-refractivity contribution in [1.82, 2.24) is 24.5 Å². The second kappa shape index (κ2) is 7.53. The highest BCUT2D eigenvalue weighted by molar-refractivity contribution is 7.07. The summed E-state index contributed by atoms with van der Waals surface area (Å²) in [5.41, 5.74) is 4.20. The topological polar surface area (TPSA) is 59.7 Å². The van der Waals surface area contributed by atoms with Crippen LogP contribution in [0, 0.1) is 0 Å². The van der Waals surface area contributed by atoms with Crippen molar-refractivity contribution in [2.45, 2.75) is 45.1 Å². The van der Waals surface area contributed by atoms with Crippen LogP contribution in [0.5, 0.6) is 0 Å². The van der Waals surface area contributed by atoms with E-state index in [1.54, 1.807) is 17.7 Å². The third-order valence-electron chi connectivity index (χ3n) is 4.99. The highest BCUT2D eigenvalue weighted by Gasteiger charge is 2.27. The molecule has 0 spiro atoms. The van der Waals surface area contributed by atoms with E-state index in [0.29, 0.717) is 11.8 Å². The highest BCUT2D eigenvalue weighted by Crippen LogP contribution is 2.32. The van der Waals surface area contributed by atoms with Gasteiger partial charge in [0.15, 0.2) is 0 Å². The Balaban J connectivity index is 1.56. The van der Waals surface area contributed by atoms with Crippen LogP contribution in [-0.4, -0.2) is 37.6 Å². The standard InChI is InChI=1S/C19H24N6S/c1-14(2)17-8-20-12-22-19(17)24-6-3-4-15(9-24)18-21-5-7-25(18)10-16-11-26-13-23-16/h5,7-8,11-15H,3-4,6,9-10H2,1-2H3/t15-/m1/s1. The van der Waals surface area contributed by atoms with Gasteiger partial charge in [-0.05, 0) is 18.8 Å². The monoisotopic (exact) mass is 368 g/mol. The number of thiazole rings is 1. The summed E-state index contributed by atoms with van der Waals surface area (Å²) in [5, 5.41) is 2.10. The van der Waals surface area contributed by atoms with Gasteiger partial charge < -0.3 is 9.47 Å². The number of aromatic nitrogens is 5. The van der Waals surface area contributed by atoms with Crippen molar-refractivity contribution < 1.29 is 0 Å². The lowest BCUT2D eigenvalue weighted by molar-refractivity contribution is 0.472. The van der Waals surface area contributed by atoms with Crippen LogP contribution in [0.1, 0.15) is 55.6 Å². The summed E-state index contributed by atoms with van der Waals surface area (Å²) < 4.78 is 2.24. The fourth-order valence-electron chi connectivity index (χ4n) is 3.69. The van der Waals surface area contributed by atoms with Crippen molar-refractivity contribution in [2.24, 2.45) is 0 Å². The maximum Gasteiger partial charge on any atom is 0.135 e. The molecule has 3 aromatic heterocycles. The van der Waals surface area contributed by atoms with E-state index >= 15 is 0 Å². The molecule has 4 rings (SSSR count). The molecule has 26 heavy (non-hydrogen) atoms. The van der Waals surface area contributed by atoms with Gasteiger partial charge in [-0.15, -0.1) is 11.3 Å². The molecule has 1 aliphatic heterocycles. The predicted octanol–water partition coefficient (Wildman–Crippen LogP) is 3.69. The second-order valence-electron chi connectivity index (χ2n) is 7.13. The van der Waals surface area contributed by atoms with Crippen LogP contribution in [0.4, 0.5) is 5.82 Å². The van der Waals surface area contributed by atoms with Crippen LogP contribution < -0.4 is 4.90 Å². The quantitative estimate of drug-likeness (QED) is 0.687. The summed E-state index contributed by atoms with van der Waals surface area (Å²) in [4.78, 5) is 20.3. The van der Waals surface area contributed by atoms with Gasteiger partial charge in [-0.2, -0.15) is 0 Å². The van der Waals surface area contributed by atoms with Crippen LogP contribution in [0.3, 0.4) is 0 Å². The minimum atomic E-state index is 0.410. The van der Waals surface area contributed by atoms with Gasteiger partial charge in [-0.3, -0.25) is 0 Å². The predicted molar refractivity (Wildman–Crippen MR) is 104 cm³/mol. The first kappa shape index (κ1) is 17.1. The number of hydrogen-bond acceptors (Lipinski definition) is 6. The molecule has 4 heterocycles. The first-order valence-corrected chi connectivity index (χ1v) is 10.1. The highest BCUT2D eigenvalue weighted by atomic mass is 32.1. The van der Waals surface area contributed by atoms with E-state index in [0.717, 1.165) is 49.8 Å². The first-order chi connectivity index (χ1) is 12.7. The van der Waals surface area contributed by atoms with E-state index < -0.39 is 0 Å². The zero-order valence-electron chi connectivity index (χ0n) is 15.2. The largest absolute Gasteiger partial charge is 0.356 e. The summed E-state index contributed by atoms with van der Waals surface area (Å²) in [6.07, 6.45) is 9.90. The molecular weight excluding hydrogens is 344 g/mol. The Kier molecular flexibility index (Phi) is 4.97. The summed E-state index contributed by atoms with van der Waals surface area (Å²) in [6.45, 7) is 7.18. The van der Waals surface area contributed by atoms with E-state index in [1.807, 2.05) is 17.9 Å². The summed E-state index contributed by atoms with van der Waals surface area (Å²) >= 11 is 1.64. The molecule has 0 unspecified atom stereocenters. The average molecular weight is 369 g/mol. The number of rotatable bonds is 5. The lowest BCUT2D eigenvalue weighted by atomic mass is 9.96. The molecule has 0 aromatic carbocycles. The van der Waals surface area contributed by atoms with Crippen LogP contribution in [0.2, 0.25) is 0 Å². The van der Waals surface area contributed by atoms with Crippen molar-refractivity contribution in [3.63, 3.8) is 0 Å². The lowest BCUT2D eigenvalue weighted by Crippen LogP contribution is -2.36. The van der Waals surface area contributed by atoms with Crippen LogP contribution in [0.15, 0.2) is 35.8 Å². The number of nitrogens with zero attached hydrogens (tertiary/aromatic N) is 6. The molecule has 3 aromatic rings. The van der Waals surface area contributed by atoms with Gasteiger partial charge in [0.25, 0.3) is 0 Å². The third-order valence-corrected chi connectivity index (χ3v) is 5.63. The molecule has 0 N–H and O–H groups in total. The van der Waals surface area contributed by atoms with Gasteiger partial charge in [-0.1, -0.05) is 13.8 Å². The zero-order chi connectivity index (χ0) is 17.9. The molecular formula is C19H24N6S. The molecule has 6 nitrogen and oxygen atoms in total. The average Bonchev–Trinajstić information content (AvgIpc) is 3.34. The van der Waals surface area contributed by atoms with E-state index in [4.69, 9.17) is 0 Å². The van der Waals surface area contributed by atoms with E-state index in [2.05, 4.69) is 54.8 Å². The van der Waals surface area contributed by atoms with Gasteiger partial charge in [0.1, 0.15) is 18.0 Å². The molecule has 0 bridgehead atoms. The minimum Gasteiger partial charge on any atom is -0.356 e. The summed E-state index contributed by atoms with van der Waals surface area (Å²) in [7, 11) is 0. The SMILES string of the molecule is CC(C)c1cncnc1N1CCC[C@@H](c2nccn2Cc2cscn2)C1. The molecule has 1 aliphatic rings. The Morgan fingerprint density at radius 3 is 3.00 bits per heavy atom. The van der Waals surface area contributed by atoms with E-state index in [1.165, 1.54) is 5.56 Å². The molecule has 0 aliphatic carbocycles. The van der Waals surface area contributed by atoms with Crippen molar-refractivity contribution in [3.8, 4) is 0 Å². The minimum absolute atomic E-state index is 0.410. The Labute approximate surface area is 158 Å².